The Morgan fingerprint density at radius 1 is 1.08 bits per heavy atom. The normalized spacial score (nSPS) is 16.7. The van der Waals surface area contributed by atoms with E-state index in [1.165, 1.54) is 28.1 Å². The van der Waals surface area contributed by atoms with Gasteiger partial charge in [-0.15, -0.1) is 0 Å². The van der Waals surface area contributed by atoms with E-state index < -0.39 is 10.0 Å². The first-order chi connectivity index (χ1) is 11.5. The third kappa shape index (κ3) is 3.32. The van der Waals surface area contributed by atoms with Crippen LogP contribution in [-0.4, -0.2) is 25.8 Å². The van der Waals surface area contributed by atoms with Gasteiger partial charge in [0, 0.05) is 13.1 Å². The van der Waals surface area contributed by atoms with Crippen molar-refractivity contribution in [3.8, 4) is 6.07 Å². The highest BCUT2D eigenvalue weighted by molar-refractivity contribution is 7.89. The van der Waals surface area contributed by atoms with Gasteiger partial charge in [-0.3, -0.25) is 0 Å². The van der Waals surface area contributed by atoms with E-state index in [1.54, 1.807) is 0 Å². The van der Waals surface area contributed by atoms with Gasteiger partial charge in [-0.2, -0.15) is 9.57 Å². The van der Waals surface area contributed by atoms with Crippen LogP contribution in [-0.2, 0) is 10.0 Å². The highest BCUT2D eigenvalue weighted by Gasteiger charge is 2.30. The van der Waals surface area contributed by atoms with Gasteiger partial charge in [0.2, 0.25) is 10.0 Å². The first-order valence-corrected chi connectivity index (χ1v) is 9.59. The van der Waals surface area contributed by atoms with Crippen LogP contribution in [0.3, 0.4) is 0 Å². The van der Waals surface area contributed by atoms with E-state index in [0.29, 0.717) is 19.0 Å². The number of hydrogen-bond acceptors (Lipinski definition) is 3. The van der Waals surface area contributed by atoms with Crippen molar-refractivity contribution in [1.29, 1.82) is 5.26 Å². The molecule has 124 valence electrons. The molecule has 0 aromatic heterocycles. The van der Waals surface area contributed by atoms with Crippen molar-refractivity contribution in [1.82, 2.24) is 4.31 Å². The molecule has 0 bridgehead atoms. The zero-order valence-corrected chi connectivity index (χ0v) is 14.6. The summed E-state index contributed by atoms with van der Waals surface area (Å²) >= 11 is 5.97. The Morgan fingerprint density at radius 2 is 1.75 bits per heavy atom. The molecule has 6 heteroatoms. The number of nitriles is 1. The van der Waals surface area contributed by atoms with E-state index in [0.717, 1.165) is 12.8 Å². The molecule has 0 amide bonds. The predicted octanol–water partition coefficient (Wildman–Crippen LogP) is 3.78. The summed E-state index contributed by atoms with van der Waals surface area (Å²) in [4.78, 5) is 0.143. The van der Waals surface area contributed by atoms with E-state index >= 15 is 0 Å². The molecule has 3 rings (SSSR count). The minimum atomic E-state index is -3.58. The summed E-state index contributed by atoms with van der Waals surface area (Å²) in [5.74, 6) is 0.391. The first-order valence-electron chi connectivity index (χ1n) is 7.77. The molecule has 0 unspecified atom stereocenters. The lowest BCUT2D eigenvalue weighted by Crippen LogP contribution is -2.37. The molecule has 2 aromatic carbocycles. The molecule has 1 fully saturated rings. The number of hydrogen-bond donors (Lipinski definition) is 0. The summed E-state index contributed by atoms with van der Waals surface area (Å²) in [5.41, 5.74) is 1.54. The third-order valence-corrected chi connectivity index (χ3v) is 6.63. The number of benzene rings is 2. The number of rotatable bonds is 3. The van der Waals surface area contributed by atoms with Crippen LogP contribution in [0.4, 0.5) is 0 Å². The van der Waals surface area contributed by atoms with Gasteiger partial charge in [-0.05, 0) is 42.5 Å². The van der Waals surface area contributed by atoms with E-state index in [2.05, 4.69) is 12.1 Å². The van der Waals surface area contributed by atoms with E-state index in [9.17, 15) is 8.42 Å². The van der Waals surface area contributed by atoms with Crippen LogP contribution in [0, 0.1) is 11.3 Å². The van der Waals surface area contributed by atoms with E-state index in [-0.39, 0.29) is 15.5 Å². The van der Waals surface area contributed by atoms with Crippen molar-refractivity contribution in [2.24, 2.45) is 0 Å². The molecule has 1 aliphatic rings. The fourth-order valence-corrected chi connectivity index (χ4v) is 4.83. The summed E-state index contributed by atoms with van der Waals surface area (Å²) in [7, 11) is -3.58. The Balaban J connectivity index is 1.76. The Hall–Kier alpha value is -1.87. The zero-order chi connectivity index (χ0) is 17.2. The summed E-state index contributed by atoms with van der Waals surface area (Å²) < 4.78 is 27.0. The molecular formula is C18H17ClN2O2S. The second-order valence-corrected chi connectivity index (χ2v) is 8.19. The van der Waals surface area contributed by atoms with Crippen LogP contribution in [0.5, 0.6) is 0 Å². The van der Waals surface area contributed by atoms with Gasteiger partial charge in [-0.1, -0.05) is 41.9 Å². The monoisotopic (exact) mass is 360 g/mol. The third-order valence-electron chi connectivity index (χ3n) is 4.42. The summed E-state index contributed by atoms with van der Waals surface area (Å²) in [6.07, 6.45) is 1.60. The van der Waals surface area contributed by atoms with Crippen molar-refractivity contribution in [3.63, 3.8) is 0 Å². The number of piperidine rings is 1. The molecule has 2 aromatic rings. The smallest absolute Gasteiger partial charge is 0.207 e. The Labute approximate surface area is 147 Å². The van der Waals surface area contributed by atoms with Crippen molar-refractivity contribution >= 4 is 21.6 Å². The fourth-order valence-electron chi connectivity index (χ4n) is 3.05. The molecule has 0 aliphatic carbocycles. The Morgan fingerprint density at radius 3 is 2.33 bits per heavy atom. The van der Waals surface area contributed by atoms with Crippen LogP contribution >= 0.6 is 11.6 Å². The number of sulfonamides is 1. The topological polar surface area (TPSA) is 61.2 Å². The molecule has 0 spiro atoms. The molecule has 4 nitrogen and oxygen atoms in total. The average molecular weight is 361 g/mol. The fraction of sp³-hybridized carbons (Fsp3) is 0.278. The largest absolute Gasteiger partial charge is 0.243 e. The van der Waals surface area contributed by atoms with E-state index in [1.807, 2.05) is 24.3 Å². The predicted molar refractivity (Wildman–Crippen MR) is 93.3 cm³/mol. The van der Waals surface area contributed by atoms with E-state index in [4.69, 9.17) is 16.9 Å². The lowest BCUT2D eigenvalue weighted by Gasteiger charge is -2.31. The second-order valence-electron chi connectivity index (χ2n) is 5.84. The SMILES string of the molecule is N#Cc1ccc(S(=O)(=O)N2CCC(c3ccccc3)CC2)cc1Cl. The van der Waals surface area contributed by atoms with Crippen molar-refractivity contribution in [3.05, 3.63) is 64.7 Å². The van der Waals surface area contributed by atoms with Gasteiger partial charge < -0.3 is 0 Å². The Bertz CT molecular complexity index is 868. The maximum Gasteiger partial charge on any atom is 0.243 e. The lowest BCUT2D eigenvalue weighted by molar-refractivity contribution is 0.319. The molecule has 0 N–H and O–H groups in total. The van der Waals surface area contributed by atoms with Gasteiger partial charge in [-0.25, -0.2) is 8.42 Å². The molecule has 24 heavy (non-hydrogen) atoms. The van der Waals surface area contributed by atoms with Crippen LogP contribution in [0.25, 0.3) is 0 Å². The van der Waals surface area contributed by atoms with Crippen LogP contribution in [0.1, 0.15) is 29.9 Å². The summed E-state index contributed by atoms with van der Waals surface area (Å²) in [5, 5.41) is 9.07. The van der Waals surface area contributed by atoms with Gasteiger partial charge in [0.15, 0.2) is 0 Å². The molecule has 0 saturated carbocycles. The zero-order valence-electron chi connectivity index (χ0n) is 13.0. The maximum atomic E-state index is 12.8. The van der Waals surface area contributed by atoms with Gasteiger partial charge in [0.1, 0.15) is 6.07 Å². The lowest BCUT2D eigenvalue weighted by atomic mass is 9.90. The summed E-state index contributed by atoms with van der Waals surface area (Å²) in [6.45, 7) is 0.971. The molecule has 1 heterocycles. The second kappa shape index (κ2) is 6.94. The van der Waals surface area contributed by atoms with Crippen molar-refractivity contribution < 1.29 is 8.42 Å². The maximum absolute atomic E-state index is 12.8. The van der Waals surface area contributed by atoms with Crippen LogP contribution in [0.2, 0.25) is 5.02 Å². The van der Waals surface area contributed by atoms with Crippen LogP contribution < -0.4 is 0 Å². The number of nitrogens with zero attached hydrogens (tertiary/aromatic N) is 2. The highest BCUT2D eigenvalue weighted by atomic mass is 35.5. The van der Waals surface area contributed by atoms with Crippen molar-refractivity contribution in [2.75, 3.05) is 13.1 Å². The Kier molecular flexibility index (Phi) is 4.91. The minimum Gasteiger partial charge on any atom is -0.207 e. The average Bonchev–Trinajstić information content (AvgIpc) is 2.62. The quantitative estimate of drug-likeness (QED) is 0.836. The van der Waals surface area contributed by atoms with Crippen molar-refractivity contribution in [2.45, 2.75) is 23.7 Å². The van der Waals surface area contributed by atoms with Gasteiger partial charge >= 0.3 is 0 Å². The standard InChI is InChI=1S/C18H17ClN2O2S/c19-18-12-17(7-6-16(18)13-20)24(22,23)21-10-8-15(9-11-21)14-4-2-1-3-5-14/h1-7,12,15H,8-11H2. The summed E-state index contributed by atoms with van der Waals surface area (Å²) in [6, 6.07) is 16.4. The molecule has 0 radical (unpaired) electrons. The first kappa shape index (κ1) is 17.0. The minimum absolute atomic E-state index is 0.143. The molecule has 0 atom stereocenters. The molecular weight excluding hydrogens is 344 g/mol. The number of halogens is 1. The van der Waals surface area contributed by atoms with Gasteiger partial charge in [0.05, 0.1) is 15.5 Å². The molecule has 1 saturated heterocycles. The molecule has 1 aliphatic heterocycles. The van der Waals surface area contributed by atoms with Crippen LogP contribution in [0.15, 0.2) is 53.4 Å². The highest BCUT2D eigenvalue weighted by Crippen LogP contribution is 2.31. The van der Waals surface area contributed by atoms with Gasteiger partial charge in [0.25, 0.3) is 0 Å².